The van der Waals surface area contributed by atoms with Crippen molar-refractivity contribution < 1.29 is 9.13 Å². The second kappa shape index (κ2) is 7.01. The molecule has 1 aromatic carbocycles. The lowest BCUT2D eigenvalue weighted by atomic mass is 9.76. The number of halogens is 2. The first-order chi connectivity index (χ1) is 9.57. The molecular weight excluding hydrogens is 321 g/mol. The second-order valence-electron chi connectivity index (χ2n) is 5.71. The van der Waals surface area contributed by atoms with Crippen molar-refractivity contribution in [1.29, 1.82) is 0 Å². The minimum absolute atomic E-state index is 0.0610. The Morgan fingerprint density at radius 3 is 2.95 bits per heavy atom. The van der Waals surface area contributed by atoms with Gasteiger partial charge in [-0.15, -0.1) is 0 Å². The van der Waals surface area contributed by atoms with Gasteiger partial charge < -0.3 is 10.1 Å². The third-order valence-electron chi connectivity index (χ3n) is 4.28. The lowest BCUT2D eigenvalue weighted by molar-refractivity contribution is 0.0630. The molecule has 1 fully saturated rings. The number of benzene rings is 1. The molecule has 4 heteroatoms. The number of nitrogens with one attached hydrogen (secondary N) is 1. The molecule has 1 aliphatic heterocycles. The maximum Gasteiger partial charge on any atom is 0.123 e. The van der Waals surface area contributed by atoms with E-state index >= 15 is 0 Å². The summed E-state index contributed by atoms with van der Waals surface area (Å²) in [6.45, 7) is 7.02. The van der Waals surface area contributed by atoms with Gasteiger partial charge in [-0.25, -0.2) is 4.39 Å². The van der Waals surface area contributed by atoms with Crippen LogP contribution in [0.5, 0.6) is 0 Å². The quantitative estimate of drug-likeness (QED) is 0.790. The standard InChI is InChI=1S/C16H23BrFNO/c1-3-7-19-11-16(6-8-20-12(16)2)10-13-9-14(18)4-5-15(13)17/h4-5,9,12,19H,3,6-8,10-11H2,1-2H3. The van der Waals surface area contributed by atoms with Crippen molar-refractivity contribution in [1.82, 2.24) is 5.32 Å². The van der Waals surface area contributed by atoms with E-state index in [0.29, 0.717) is 0 Å². The summed E-state index contributed by atoms with van der Waals surface area (Å²) in [4.78, 5) is 0. The fourth-order valence-corrected chi connectivity index (χ4v) is 3.30. The molecule has 1 aromatic rings. The summed E-state index contributed by atoms with van der Waals surface area (Å²) in [5, 5.41) is 3.51. The molecule has 2 rings (SSSR count). The van der Waals surface area contributed by atoms with Crippen LogP contribution in [0.4, 0.5) is 4.39 Å². The van der Waals surface area contributed by atoms with Crippen LogP contribution in [0.3, 0.4) is 0 Å². The molecule has 20 heavy (non-hydrogen) atoms. The molecule has 0 amide bonds. The summed E-state index contributed by atoms with van der Waals surface area (Å²) in [5.41, 5.74) is 1.09. The van der Waals surface area contributed by atoms with Gasteiger partial charge in [-0.2, -0.15) is 0 Å². The summed E-state index contributed by atoms with van der Waals surface area (Å²) in [7, 11) is 0. The predicted octanol–water partition coefficient (Wildman–Crippen LogP) is 3.93. The van der Waals surface area contributed by atoms with Crippen LogP contribution in [0.15, 0.2) is 22.7 Å². The molecule has 0 aromatic heterocycles. The predicted molar refractivity (Wildman–Crippen MR) is 83.4 cm³/mol. The van der Waals surface area contributed by atoms with Gasteiger partial charge in [-0.3, -0.25) is 0 Å². The van der Waals surface area contributed by atoms with Crippen molar-refractivity contribution in [3.63, 3.8) is 0 Å². The largest absolute Gasteiger partial charge is 0.378 e. The van der Waals surface area contributed by atoms with Crippen LogP contribution in [0.1, 0.15) is 32.3 Å². The van der Waals surface area contributed by atoms with Gasteiger partial charge >= 0.3 is 0 Å². The minimum atomic E-state index is -0.175. The van der Waals surface area contributed by atoms with Gasteiger partial charge in [0.2, 0.25) is 0 Å². The monoisotopic (exact) mass is 343 g/mol. The van der Waals surface area contributed by atoms with E-state index in [1.807, 2.05) is 0 Å². The molecule has 1 N–H and O–H groups in total. The summed E-state index contributed by atoms with van der Waals surface area (Å²) >= 11 is 3.54. The van der Waals surface area contributed by atoms with Crippen LogP contribution >= 0.6 is 15.9 Å². The molecule has 112 valence electrons. The molecule has 0 saturated carbocycles. The molecule has 1 aliphatic rings. The van der Waals surface area contributed by atoms with Crippen LogP contribution in [0.25, 0.3) is 0 Å². The lowest BCUT2D eigenvalue weighted by Gasteiger charge is -2.33. The van der Waals surface area contributed by atoms with Crippen molar-refractivity contribution >= 4 is 15.9 Å². The van der Waals surface area contributed by atoms with Gasteiger partial charge in [0.15, 0.2) is 0 Å². The highest BCUT2D eigenvalue weighted by atomic mass is 79.9. The molecular formula is C16H23BrFNO. The number of rotatable bonds is 6. The summed E-state index contributed by atoms with van der Waals surface area (Å²) in [6.07, 6.45) is 3.17. The van der Waals surface area contributed by atoms with E-state index in [1.54, 1.807) is 12.1 Å². The summed E-state index contributed by atoms with van der Waals surface area (Å²) in [6, 6.07) is 4.92. The zero-order valence-electron chi connectivity index (χ0n) is 12.2. The number of ether oxygens (including phenoxy) is 1. The highest BCUT2D eigenvalue weighted by Crippen LogP contribution is 2.39. The Labute approximate surface area is 129 Å². The molecule has 0 aliphatic carbocycles. The van der Waals surface area contributed by atoms with Crippen molar-refractivity contribution in [3.8, 4) is 0 Å². The maximum atomic E-state index is 13.5. The molecule has 2 nitrogen and oxygen atoms in total. The van der Waals surface area contributed by atoms with E-state index in [4.69, 9.17) is 4.74 Å². The van der Waals surface area contributed by atoms with Crippen molar-refractivity contribution in [2.24, 2.45) is 5.41 Å². The van der Waals surface area contributed by atoms with Crippen LogP contribution in [0, 0.1) is 11.2 Å². The Morgan fingerprint density at radius 1 is 1.50 bits per heavy atom. The first kappa shape index (κ1) is 15.9. The normalized spacial score (nSPS) is 26.1. The summed E-state index contributed by atoms with van der Waals surface area (Å²) in [5.74, 6) is -0.175. The van der Waals surface area contributed by atoms with E-state index < -0.39 is 0 Å². The Hall–Kier alpha value is -0.450. The van der Waals surface area contributed by atoms with Crippen LogP contribution in [0.2, 0.25) is 0 Å². The Morgan fingerprint density at radius 2 is 2.30 bits per heavy atom. The Kier molecular flexibility index (Phi) is 5.58. The SMILES string of the molecule is CCCNCC1(Cc2cc(F)ccc2Br)CCOC1C. The van der Waals surface area contributed by atoms with E-state index in [0.717, 1.165) is 49.0 Å². The first-order valence-corrected chi connectivity index (χ1v) is 8.13. The third kappa shape index (κ3) is 3.60. The Balaban J connectivity index is 2.17. The minimum Gasteiger partial charge on any atom is -0.378 e. The highest BCUT2D eigenvalue weighted by Gasteiger charge is 2.41. The molecule has 0 bridgehead atoms. The van der Waals surface area contributed by atoms with E-state index in [9.17, 15) is 4.39 Å². The first-order valence-electron chi connectivity index (χ1n) is 7.33. The molecule has 2 atom stereocenters. The Bertz CT molecular complexity index is 454. The van der Waals surface area contributed by atoms with Gasteiger partial charge in [-0.1, -0.05) is 22.9 Å². The van der Waals surface area contributed by atoms with Crippen LogP contribution in [-0.2, 0) is 11.2 Å². The molecule has 2 unspecified atom stereocenters. The lowest BCUT2D eigenvalue weighted by Crippen LogP contribution is -2.41. The van der Waals surface area contributed by atoms with Gasteiger partial charge in [-0.05, 0) is 56.5 Å². The van der Waals surface area contributed by atoms with E-state index in [1.165, 1.54) is 6.07 Å². The molecule has 0 radical (unpaired) electrons. The topological polar surface area (TPSA) is 21.3 Å². The van der Waals surface area contributed by atoms with Crippen molar-refractivity contribution in [2.45, 2.75) is 39.2 Å². The van der Waals surface area contributed by atoms with Crippen LogP contribution in [-0.4, -0.2) is 25.8 Å². The summed E-state index contributed by atoms with van der Waals surface area (Å²) < 4.78 is 20.3. The zero-order valence-corrected chi connectivity index (χ0v) is 13.8. The van der Waals surface area contributed by atoms with E-state index in [-0.39, 0.29) is 17.3 Å². The molecule has 0 spiro atoms. The third-order valence-corrected chi connectivity index (χ3v) is 5.06. The van der Waals surface area contributed by atoms with Gasteiger partial charge in [0.1, 0.15) is 5.82 Å². The molecule has 1 heterocycles. The van der Waals surface area contributed by atoms with Crippen molar-refractivity contribution in [2.75, 3.05) is 19.7 Å². The highest BCUT2D eigenvalue weighted by molar-refractivity contribution is 9.10. The fraction of sp³-hybridized carbons (Fsp3) is 0.625. The van der Waals surface area contributed by atoms with Gasteiger partial charge in [0.25, 0.3) is 0 Å². The van der Waals surface area contributed by atoms with E-state index in [2.05, 4.69) is 35.1 Å². The average Bonchev–Trinajstić information content (AvgIpc) is 2.76. The van der Waals surface area contributed by atoms with Gasteiger partial charge in [0.05, 0.1) is 6.10 Å². The van der Waals surface area contributed by atoms with Gasteiger partial charge in [0, 0.05) is 23.0 Å². The smallest absolute Gasteiger partial charge is 0.123 e. The van der Waals surface area contributed by atoms with Crippen molar-refractivity contribution in [3.05, 3.63) is 34.1 Å². The zero-order chi connectivity index (χ0) is 14.6. The molecule has 1 saturated heterocycles. The number of hydrogen-bond donors (Lipinski definition) is 1. The average molecular weight is 344 g/mol. The maximum absolute atomic E-state index is 13.5. The fourth-order valence-electron chi connectivity index (χ4n) is 2.92. The second-order valence-corrected chi connectivity index (χ2v) is 6.57. The number of hydrogen-bond acceptors (Lipinski definition) is 2. The van der Waals surface area contributed by atoms with Crippen LogP contribution < -0.4 is 5.32 Å².